The van der Waals surface area contributed by atoms with Crippen molar-refractivity contribution in [3.63, 3.8) is 0 Å². The first-order valence-corrected chi connectivity index (χ1v) is 9.48. The van der Waals surface area contributed by atoms with Gasteiger partial charge in [-0.2, -0.15) is 0 Å². The van der Waals surface area contributed by atoms with Gasteiger partial charge in [0.25, 0.3) is 0 Å². The molecule has 0 saturated carbocycles. The molecule has 7 heteroatoms. The first kappa shape index (κ1) is 14.2. The molecule has 1 aliphatic heterocycles. The zero-order valence-electron chi connectivity index (χ0n) is 10.9. The molecule has 21 heavy (non-hydrogen) atoms. The summed E-state index contributed by atoms with van der Waals surface area (Å²) in [7, 11) is -7.04. The molecule has 1 atom stereocenters. The van der Waals surface area contributed by atoms with Crippen LogP contribution in [0.2, 0.25) is 0 Å². The van der Waals surface area contributed by atoms with Gasteiger partial charge in [-0.25, -0.2) is 21.6 Å². The Labute approximate surface area is 123 Å². The first-order valence-electron chi connectivity index (χ1n) is 6.28. The number of nitrogens with one attached hydrogen (secondary N) is 1. The molecular weight excluding hydrogens is 310 g/mol. The fourth-order valence-electron chi connectivity index (χ4n) is 2.25. The van der Waals surface area contributed by atoms with Gasteiger partial charge in [-0.05, 0) is 22.9 Å². The molecule has 2 aromatic rings. The summed E-state index contributed by atoms with van der Waals surface area (Å²) >= 11 is 0. The van der Waals surface area contributed by atoms with E-state index in [4.69, 9.17) is 0 Å². The normalized spacial score (nSPS) is 20.9. The Morgan fingerprint density at radius 3 is 2.43 bits per heavy atom. The van der Waals surface area contributed by atoms with E-state index in [0.717, 1.165) is 16.2 Å². The van der Waals surface area contributed by atoms with Gasteiger partial charge in [-0.15, -0.1) is 0 Å². The van der Waals surface area contributed by atoms with Crippen molar-refractivity contribution >= 4 is 30.6 Å². The summed E-state index contributed by atoms with van der Waals surface area (Å²) in [6.45, 7) is 0. The van der Waals surface area contributed by atoms with E-state index in [1.807, 2.05) is 24.3 Å². The number of sulfone groups is 1. The third-order valence-corrected chi connectivity index (χ3v) is 6.15. The van der Waals surface area contributed by atoms with Crippen LogP contribution < -0.4 is 4.72 Å². The molecule has 0 unspecified atom stereocenters. The van der Waals surface area contributed by atoms with Crippen molar-refractivity contribution in [3.05, 3.63) is 53.9 Å². The summed E-state index contributed by atoms with van der Waals surface area (Å²) in [4.78, 5) is 0.124. The van der Waals surface area contributed by atoms with E-state index >= 15 is 0 Å². The Morgan fingerprint density at radius 1 is 1.05 bits per heavy atom. The Balaban J connectivity index is 1.92. The van der Waals surface area contributed by atoms with Crippen LogP contribution in [0.4, 0.5) is 0 Å². The number of rotatable bonds is 3. The summed E-state index contributed by atoms with van der Waals surface area (Å²) < 4.78 is 49.6. The Kier molecular flexibility index (Phi) is 3.35. The quantitative estimate of drug-likeness (QED) is 0.926. The minimum atomic E-state index is -3.75. The molecule has 5 nitrogen and oxygen atoms in total. The van der Waals surface area contributed by atoms with Gasteiger partial charge in [0.15, 0.2) is 9.84 Å². The molecule has 110 valence electrons. The van der Waals surface area contributed by atoms with Crippen LogP contribution in [-0.4, -0.2) is 28.6 Å². The number of hydrogen-bond donors (Lipinski definition) is 1. The molecule has 1 heterocycles. The van der Waals surface area contributed by atoms with Crippen molar-refractivity contribution in [2.24, 2.45) is 0 Å². The van der Waals surface area contributed by atoms with E-state index in [1.54, 1.807) is 12.1 Å². The summed E-state index contributed by atoms with van der Waals surface area (Å²) in [5.74, 6) is -0.236. The summed E-state index contributed by atoms with van der Waals surface area (Å²) in [5, 5.41) is 2.80. The molecule has 0 saturated heterocycles. The van der Waals surface area contributed by atoms with Gasteiger partial charge in [0.05, 0.1) is 16.7 Å². The van der Waals surface area contributed by atoms with Crippen LogP contribution in [0.3, 0.4) is 0 Å². The maximum Gasteiger partial charge on any atom is 0.241 e. The van der Waals surface area contributed by atoms with E-state index < -0.39 is 25.9 Å². The SMILES string of the molecule is O=S1(=O)C=C[C@@H](NS(=O)(=O)c2ccc3ccccc3c2)C1. The lowest BCUT2D eigenvalue weighted by molar-refractivity contribution is 0.575. The van der Waals surface area contributed by atoms with Crippen LogP contribution in [0.1, 0.15) is 0 Å². The van der Waals surface area contributed by atoms with E-state index in [9.17, 15) is 16.8 Å². The highest BCUT2D eigenvalue weighted by Crippen LogP contribution is 2.20. The van der Waals surface area contributed by atoms with Crippen molar-refractivity contribution in [1.82, 2.24) is 4.72 Å². The number of hydrogen-bond acceptors (Lipinski definition) is 4. The fraction of sp³-hybridized carbons (Fsp3) is 0.143. The minimum absolute atomic E-state index is 0.124. The number of benzene rings is 2. The average molecular weight is 323 g/mol. The summed E-state index contributed by atoms with van der Waals surface area (Å²) in [6, 6.07) is 11.5. The standard InChI is InChI=1S/C14H13NO4S2/c16-20(17)8-7-13(10-20)15-21(18,19)14-6-5-11-3-1-2-4-12(11)9-14/h1-9,13,15H,10H2/t13-/m1/s1. The van der Waals surface area contributed by atoms with Crippen molar-refractivity contribution < 1.29 is 16.8 Å². The molecule has 0 amide bonds. The zero-order chi connectivity index (χ0) is 15.1. The maximum atomic E-state index is 12.3. The van der Waals surface area contributed by atoms with E-state index in [0.29, 0.717) is 0 Å². The minimum Gasteiger partial charge on any atom is -0.224 e. The van der Waals surface area contributed by atoms with Gasteiger partial charge in [0.2, 0.25) is 10.0 Å². The van der Waals surface area contributed by atoms with E-state index in [2.05, 4.69) is 4.72 Å². The van der Waals surface area contributed by atoms with Gasteiger partial charge in [-0.3, -0.25) is 0 Å². The summed E-state index contributed by atoms with van der Waals surface area (Å²) in [6.07, 6.45) is 1.36. The Bertz CT molecular complexity index is 930. The summed E-state index contributed by atoms with van der Waals surface area (Å²) in [5.41, 5.74) is 0. The van der Waals surface area contributed by atoms with Crippen LogP contribution in [0.25, 0.3) is 10.8 Å². The van der Waals surface area contributed by atoms with Gasteiger partial charge < -0.3 is 0 Å². The highest BCUT2D eigenvalue weighted by Gasteiger charge is 2.26. The van der Waals surface area contributed by atoms with Crippen molar-refractivity contribution in [2.45, 2.75) is 10.9 Å². The van der Waals surface area contributed by atoms with Gasteiger partial charge in [0, 0.05) is 5.41 Å². The molecule has 3 rings (SSSR count). The van der Waals surface area contributed by atoms with Crippen molar-refractivity contribution in [3.8, 4) is 0 Å². The molecule has 1 N–H and O–H groups in total. The van der Waals surface area contributed by atoms with Gasteiger partial charge in [0.1, 0.15) is 0 Å². The Morgan fingerprint density at radius 2 is 1.76 bits per heavy atom. The predicted octanol–water partition coefficient (Wildman–Crippen LogP) is 1.43. The molecule has 0 bridgehead atoms. The molecule has 0 radical (unpaired) electrons. The molecular formula is C14H13NO4S2. The van der Waals surface area contributed by atoms with Gasteiger partial charge in [-0.1, -0.05) is 36.4 Å². The van der Waals surface area contributed by atoms with Crippen LogP contribution in [0, 0.1) is 0 Å². The number of sulfonamides is 1. The highest BCUT2D eigenvalue weighted by molar-refractivity contribution is 7.94. The van der Waals surface area contributed by atoms with Crippen molar-refractivity contribution in [1.29, 1.82) is 0 Å². The van der Waals surface area contributed by atoms with Crippen LogP contribution in [-0.2, 0) is 19.9 Å². The predicted molar refractivity (Wildman–Crippen MR) is 81.0 cm³/mol. The van der Waals surface area contributed by atoms with Gasteiger partial charge >= 0.3 is 0 Å². The third-order valence-electron chi connectivity index (χ3n) is 3.27. The zero-order valence-corrected chi connectivity index (χ0v) is 12.6. The monoisotopic (exact) mass is 323 g/mol. The lowest BCUT2D eigenvalue weighted by Gasteiger charge is -2.11. The van der Waals surface area contributed by atoms with E-state index in [1.165, 1.54) is 12.1 Å². The van der Waals surface area contributed by atoms with Crippen LogP contribution >= 0.6 is 0 Å². The largest absolute Gasteiger partial charge is 0.241 e. The first-order chi connectivity index (χ1) is 9.86. The lowest BCUT2D eigenvalue weighted by Crippen LogP contribution is -2.35. The molecule has 1 aliphatic rings. The Hall–Kier alpha value is -1.70. The molecule has 0 aromatic heterocycles. The van der Waals surface area contributed by atoms with Crippen LogP contribution in [0.5, 0.6) is 0 Å². The van der Waals surface area contributed by atoms with E-state index in [-0.39, 0.29) is 10.6 Å². The second-order valence-electron chi connectivity index (χ2n) is 4.89. The molecule has 0 spiro atoms. The van der Waals surface area contributed by atoms with Crippen molar-refractivity contribution in [2.75, 3.05) is 5.75 Å². The highest BCUT2D eigenvalue weighted by atomic mass is 32.2. The van der Waals surface area contributed by atoms with Crippen LogP contribution in [0.15, 0.2) is 58.8 Å². The smallest absolute Gasteiger partial charge is 0.224 e. The lowest BCUT2D eigenvalue weighted by atomic mass is 10.1. The fourth-order valence-corrected chi connectivity index (χ4v) is 4.82. The number of fused-ring (bicyclic) bond motifs is 1. The molecule has 0 aliphatic carbocycles. The molecule has 0 fully saturated rings. The third kappa shape index (κ3) is 2.99. The second-order valence-corrected chi connectivity index (χ2v) is 8.54. The second kappa shape index (κ2) is 4.94. The molecule has 2 aromatic carbocycles. The average Bonchev–Trinajstić information content (AvgIpc) is 2.76. The maximum absolute atomic E-state index is 12.3. The topological polar surface area (TPSA) is 80.3 Å².